The lowest BCUT2D eigenvalue weighted by Crippen LogP contribution is -2.48. The number of hydrogen-bond acceptors (Lipinski definition) is 4. The van der Waals surface area contributed by atoms with Gasteiger partial charge in [-0.2, -0.15) is 13.2 Å². The second-order valence-electron chi connectivity index (χ2n) is 7.16. The lowest BCUT2D eigenvalue weighted by molar-refractivity contribution is -0.137. The van der Waals surface area contributed by atoms with Crippen LogP contribution in [0.4, 0.5) is 13.2 Å². The van der Waals surface area contributed by atoms with E-state index in [4.69, 9.17) is 4.52 Å². The van der Waals surface area contributed by atoms with Crippen LogP contribution in [-0.2, 0) is 23.9 Å². The second kappa shape index (κ2) is 7.87. The van der Waals surface area contributed by atoms with E-state index in [0.717, 1.165) is 11.5 Å². The Bertz CT molecular complexity index is 1010. The van der Waals surface area contributed by atoms with Crippen molar-refractivity contribution in [1.82, 2.24) is 15.0 Å². The molecule has 2 heterocycles. The Morgan fingerprint density at radius 3 is 2.55 bits per heavy atom. The largest absolute Gasteiger partial charge is 0.416 e. The number of hydrogen-bond donors (Lipinski definition) is 0. The number of nitrogens with zero attached hydrogens (tertiary/aromatic N) is 3. The maximum atomic E-state index is 12.9. The van der Waals surface area contributed by atoms with E-state index < -0.39 is 11.7 Å². The first-order valence-corrected chi connectivity index (χ1v) is 9.40. The molecule has 0 unspecified atom stereocenters. The molecule has 1 fully saturated rings. The van der Waals surface area contributed by atoms with Crippen LogP contribution in [0.1, 0.15) is 16.8 Å². The van der Waals surface area contributed by atoms with Gasteiger partial charge in [0.25, 0.3) is 0 Å². The molecule has 0 spiro atoms. The van der Waals surface area contributed by atoms with Gasteiger partial charge in [-0.3, -0.25) is 9.69 Å². The molecule has 1 aliphatic rings. The summed E-state index contributed by atoms with van der Waals surface area (Å²) in [5.74, 6) is -0.0252. The van der Waals surface area contributed by atoms with Crippen molar-refractivity contribution >= 4 is 16.9 Å². The third-order valence-electron chi connectivity index (χ3n) is 5.16. The SMILES string of the molecule is O=C(Cc1noc2ccccc12)N1CCN(Cc2cccc(C(F)(F)F)c2)CC1. The number of halogens is 3. The molecule has 29 heavy (non-hydrogen) atoms. The zero-order chi connectivity index (χ0) is 20.4. The summed E-state index contributed by atoms with van der Waals surface area (Å²) >= 11 is 0. The number of piperazine rings is 1. The number of aromatic nitrogens is 1. The van der Waals surface area contributed by atoms with Gasteiger partial charge in [-0.25, -0.2) is 0 Å². The van der Waals surface area contributed by atoms with Crippen LogP contribution >= 0.6 is 0 Å². The fourth-order valence-corrected chi connectivity index (χ4v) is 3.58. The smallest absolute Gasteiger partial charge is 0.356 e. The number of fused-ring (bicyclic) bond motifs is 1. The van der Waals surface area contributed by atoms with Crippen LogP contribution in [0.5, 0.6) is 0 Å². The first kappa shape index (κ1) is 19.4. The highest BCUT2D eigenvalue weighted by atomic mass is 19.4. The van der Waals surface area contributed by atoms with Crippen LogP contribution in [0.25, 0.3) is 11.0 Å². The Morgan fingerprint density at radius 1 is 1.03 bits per heavy atom. The van der Waals surface area contributed by atoms with Crippen LogP contribution in [0.2, 0.25) is 0 Å². The predicted octanol–water partition coefficient (Wildman–Crippen LogP) is 3.73. The predicted molar refractivity (Wildman–Crippen MR) is 101 cm³/mol. The summed E-state index contributed by atoms with van der Waals surface area (Å²) in [6, 6.07) is 12.8. The Labute approximate surface area is 165 Å². The van der Waals surface area contributed by atoms with E-state index >= 15 is 0 Å². The third kappa shape index (κ3) is 4.42. The zero-order valence-corrected chi connectivity index (χ0v) is 15.7. The number of rotatable bonds is 4. The average molecular weight is 403 g/mol. The number of carbonyl (C=O) groups is 1. The quantitative estimate of drug-likeness (QED) is 0.666. The van der Waals surface area contributed by atoms with Gasteiger partial charge in [0.05, 0.1) is 12.0 Å². The van der Waals surface area contributed by atoms with Crippen molar-refractivity contribution in [1.29, 1.82) is 0 Å². The molecule has 1 aliphatic heterocycles. The summed E-state index contributed by atoms with van der Waals surface area (Å²) in [6.07, 6.45) is -4.17. The first-order valence-electron chi connectivity index (χ1n) is 9.40. The molecule has 8 heteroatoms. The van der Waals surface area contributed by atoms with Gasteiger partial charge in [0.1, 0.15) is 5.69 Å². The molecule has 0 N–H and O–H groups in total. The van der Waals surface area contributed by atoms with Crippen molar-refractivity contribution in [2.24, 2.45) is 0 Å². The van der Waals surface area contributed by atoms with Gasteiger partial charge in [-0.1, -0.05) is 35.5 Å². The number of amides is 1. The summed E-state index contributed by atoms with van der Waals surface area (Å²) < 4.78 is 43.9. The van der Waals surface area contributed by atoms with E-state index in [1.54, 1.807) is 11.0 Å². The number of carbonyl (C=O) groups excluding carboxylic acids is 1. The van der Waals surface area contributed by atoms with E-state index in [1.807, 2.05) is 24.3 Å². The van der Waals surface area contributed by atoms with Crippen molar-refractivity contribution in [2.45, 2.75) is 19.1 Å². The van der Waals surface area contributed by atoms with Gasteiger partial charge in [0.15, 0.2) is 5.58 Å². The summed E-state index contributed by atoms with van der Waals surface area (Å²) in [6.45, 7) is 2.73. The van der Waals surface area contributed by atoms with Crippen LogP contribution in [0.15, 0.2) is 53.1 Å². The van der Waals surface area contributed by atoms with Crippen molar-refractivity contribution in [3.63, 3.8) is 0 Å². The lowest BCUT2D eigenvalue weighted by atomic mass is 10.1. The Hall–Kier alpha value is -2.87. The number of alkyl halides is 3. The molecule has 0 saturated carbocycles. The summed E-state index contributed by atoms with van der Waals surface area (Å²) in [4.78, 5) is 16.5. The molecule has 1 saturated heterocycles. The molecule has 2 aromatic carbocycles. The Morgan fingerprint density at radius 2 is 1.79 bits per heavy atom. The highest BCUT2D eigenvalue weighted by Gasteiger charge is 2.30. The molecule has 0 bridgehead atoms. The maximum absolute atomic E-state index is 12.9. The van der Waals surface area contributed by atoms with Gasteiger partial charge in [-0.15, -0.1) is 0 Å². The summed E-state index contributed by atoms with van der Waals surface area (Å²) in [5.41, 5.74) is 1.26. The maximum Gasteiger partial charge on any atom is 0.416 e. The van der Waals surface area contributed by atoms with Crippen molar-refractivity contribution in [2.75, 3.05) is 26.2 Å². The van der Waals surface area contributed by atoms with E-state index in [0.29, 0.717) is 49.6 Å². The fraction of sp³-hybridized carbons (Fsp3) is 0.333. The molecule has 0 atom stereocenters. The first-order chi connectivity index (χ1) is 13.9. The van der Waals surface area contributed by atoms with Crippen LogP contribution in [-0.4, -0.2) is 47.0 Å². The normalized spacial score (nSPS) is 15.8. The standard InChI is InChI=1S/C21H20F3N3O2/c22-21(23,24)16-5-3-4-15(12-16)14-26-8-10-27(11-9-26)20(28)13-18-17-6-1-2-7-19(17)29-25-18/h1-7,12H,8-11,13-14H2. The highest BCUT2D eigenvalue weighted by molar-refractivity contribution is 5.86. The molecule has 4 rings (SSSR count). The molecule has 3 aromatic rings. The lowest BCUT2D eigenvalue weighted by Gasteiger charge is -2.34. The Balaban J connectivity index is 1.33. The molecule has 1 aromatic heterocycles. The number of benzene rings is 2. The molecular formula is C21H20F3N3O2. The molecule has 5 nitrogen and oxygen atoms in total. The van der Waals surface area contributed by atoms with E-state index in [1.165, 1.54) is 12.1 Å². The number of para-hydroxylation sites is 1. The minimum atomic E-state index is -4.34. The minimum Gasteiger partial charge on any atom is -0.356 e. The van der Waals surface area contributed by atoms with Crippen molar-refractivity contribution in [3.05, 3.63) is 65.4 Å². The second-order valence-corrected chi connectivity index (χ2v) is 7.16. The van der Waals surface area contributed by atoms with E-state index in [2.05, 4.69) is 10.1 Å². The van der Waals surface area contributed by atoms with Crippen LogP contribution in [0.3, 0.4) is 0 Å². The van der Waals surface area contributed by atoms with Gasteiger partial charge in [0.2, 0.25) is 5.91 Å². The summed E-state index contributed by atoms with van der Waals surface area (Å²) in [5, 5.41) is 4.84. The van der Waals surface area contributed by atoms with Crippen LogP contribution in [0, 0.1) is 0 Å². The highest BCUT2D eigenvalue weighted by Crippen LogP contribution is 2.29. The molecule has 0 radical (unpaired) electrons. The van der Waals surface area contributed by atoms with Gasteiger partial charge in [-0.05, 0) is 23.8 Å². The van der Waals surface area contributed by atoms with Crippen LogP contribution < -0.4 is 0 Å². The van der Waals surface area contributed by atoms with Crippen molar-refractivity contribution in [3.8, 4) is 0 Å². The molecule has 1 amide bonds. The van der Waals surface area contributed by atoms with Gasteiger partial charge < -0.3 is 9.42 Å². The molecule has 0 aliphatic carbocycles. The van der Waals surface area contributed by atoms with Crippen molar-refractivity contribution < 1.29 is 22.5 Å². The fourth-order valence-electron chi connectivity index (χ4n) is 3.58. The van der Waals surface area contributed by atoms with Gasteiger partial charge in [0, 0.05) is 38.1 Å². The minimum absolute atomic E-state index is 0.0252. The third-order valence-corrected chi connectivity index (χ3v) is 5.16. The van der Waals surface area contributed by atoms with E-state index in [-0.39, 0.29) is 12.3 Å². The average Bonchev–Trinajstić information content (AvgIpc) is 3.11. The summed E-state index contributed by atoms with van der Waals surface area (Å²) in [7, 11) is 0. The molecule has 152 valence electrons. The Kier molecular flexibility index (Phi) is 5.27. The van der Waals surface area contributed by atoms with E-state index in [9.17, 15) is 18.0 Å². The topological polar surface area (TPSA) is 49.6 Å². The molecular weight excluding hydrogens is 383 g/mol. The van der Waals surface area contributed by atoms with Gasteiger partial charge >= 0.3 is 6.18 Å². The monoisotopic (exact) mass is 403 g/mol. The zero-order valence-electron chi connectivity index (χ0n) is 15.7.